The maximum atomic E-state index is 3.84. The molecule has 1 N–H and O–H groups in total. The fourth-order valence-corrected chi connectivity index (χ4v) is 3.42. The molecule has 0 bridgehead atoms. The van der Waals surface area contributed by atoms with Gasteiger partial charge in [-0.25, -0.2) is 0 Å². The van der Waals surface area contributed by atoms with Gasteiger partial charge in [-0.3, -0.25) is 0 Å². The molecule has 0 radical (unpaired) electrons. The van der Waals surface area contributed by atoms with Crippen molar-refractivity contribution < 1.29 is 0 Å². The average molecular weight is 253 g/mol. The molecule has 0 spiro atoms. The highest BCUT2D eigenvalue weighted by Crippen LogP contribution is 2.34. The molecule has 108 valence electrons. The zero-order chi connectivity index (χ0) is 13.4. The first-order valence-corrected chi connectivity index (χ1v) is 8.40. The van der Waals surface area contributed by atoms with Gasteiger partial charge in [0.05, 0.1) is 0 Å². The summed E-state index contributed by atoms with van der Waals surface area (Å²) in [5.41, 5.74) is 0. The van der Waals surface area contributed by atoms with E-state index in [9.17, 15) is 0 Å². The SMILES string of the molecule is CCCNC(CCC(C)C)C1CCCC(CC)C1. The number of hydrogen-bond donors (Lipinski definition) is 1. The van der Waals surface area contributed by atoms with Crippen LogP contribution in [0.25, 0.3) is 0 Å². The van der Waals surface area contributed by atoms with E-state index in [0.29, 0.717) is 0 Å². The Labute approximate surface area is 115 Å². The van der Waals surface area contributed by atoms with Crippen LogP contribution in [0.4, 0.5) is 0 Å². The van der Waals surface area contributed by atoms with E-state index in [1.807, 2.05) is 0 Å². The Bertz CT molecular complexity index is 200. The normalized spacial score (nSPS) is 26.5. The van der Waals surface area contributed by atoms with Crippen LogP contribution in [-0.4, -0.2) is 12.6 Å². The van der Waals surface area contributed by atoms with Gasteiger partial charge in [-0.2, -0.15) is 0 Å². The van der Waals surface area contributed by atoms with Crippen LogP contribution in [0.15, 0.2) is 0 Å². The first-order valence-electron chi connectivity index (χ1n) is 8.40. The molecule has 1 heteroatoms. The Morgan fingerprint density at radius 1 is 1.11 bits per heavy atom. The molecule has 0 aromatic heterocycles. The van der Waals surface area contributed by atoms with Crippen LogP contribution < -0.4 is 5.32 Å². The summed E-state index contributed by atoms with van der Waals surface area (Å²) in [6.45, 7) is 10.6. The first kappa shape index (κ1) is 16.0. The minimum absolute atomic E-state index is 0.793. The lowest BCUT2D eigenvalue weighted by Crippen LogP contribution is -2.39. The predicted molar refractivity (Wildman–Crippen MR) is 81.9 cm³/mol. The van der Waals surface area contributed by atoms with Gasteiger partial charge in [0.1, 0.15) is 0 Å². The summed E-state index contributed by atoms with van der Waals surface area (Å²) >= 11 is 0. The molecule has 3 unspecified atom stereocenters. The topological polar surface area (TPSA) is 12.0 Å². The van der Waals surface area contributed by atoms with Crippen LogP contribution in [0.5, 0.6) is 0 Å². The molecule has 3 atom stereocenters. The van der Waals surface area contributed by atoms with Gasteiger partial charge in [0.2, 0.25) is 0 Å². The molecule has 1 rings (SSSR count). The van der Waals surface area contributed by atoms with Crippen molar-refractivity contribution in [3.8, 4) is 0 Å². The molecule has 18 heavy (non-hydrogen) atoms. The Kier molecular flexibility index (Phi) is 7.97. The van der Waals surface area contributed by atoms with Gasteiger partial charge >= 0.3 is 0 Å². The summed E-state index contributed by atoms with van der Waals surface area (Å²) in [5, 5.41) is 3.84. The van der Waals surface area contributed by atoms with Crippen LogP contribution >= 0.6 is 0 Å². The minimum Gasteiger partial charge on any atom is -0.314 e. The van der Waals surface area contributed by atoms with Gasteiger partial charge in [-0.1, -0.05) is 47.0 Å². The Hall–Kier alpha value is -0.0400. The van der Waals surface area contributed by atoms with Crippen molar-refractivity contribution in [3.63, 3.8) is 0 Å². The van der Waals surface area contributed by atoms with E-state index in [4.69, 9.17) is 0 Å². The summed E-state index contributed by atoms with van der Waals surface area (Å²) < 4.78 is 0. The van der Waals surface area contributed by atoms with E-state index in [2.05, 4.69) is 33.0 Å². The van der Waals surface area contributed by atoms with Gasteiger partial charge < -0.3 is 5.32 Å². The van der Waals surface area contributed by atoms with Gasteiger partial charge in [-0.15, -0.1) is 0 Å². The number of nitrogens with one attached hydrogen (secondary N) is 1. The van der Waals surface area contributed by atoms with Crippen molar-refractivity contribution in [2.75, 3.05) is 6.54 Å². The van der Waals surface area contributed by atoms with Crippen molar-refractivity contribution in [2.24, 2.45) is 17.8 Å². The Morgan fingerprint density at radius 3 is 2.50 bits per heavy atom. The Morgan fingerprint density at radius 2 is 1.89 bits per heavy atom. The molecule has 0 aromatic rings. The highest BCUT2D eigenvalue weighted by Gasteiger charge is 2.27. The van der Waals surface area contributed by atoms with Crippen LogP contribution in [-0.2, 0) is 0 Å². The zero-order valence-corrected chi connectivity index (χ0v) is 13.2. The standard InChI is InChI=1S/C17H35N/c1-5-12-18-17(11-10-14(3)4)16-9-7-8-15(6-2)13-16/h14-18H,5-13H2,1-4H3. The summed E-state index contributed by atoms with van der Waals surface area (Å²) in [7, 11) is 0. The molecule has 1 aliphatic rings. The third-order valence-electron chi connectivity index (χ3n) is 4.68. The van der Waals surface area contributed by atoms with E-state index >= 15 is 0 Å². The molecule has 0 aliphatic heterocycles. The van der Waals surface area contributed by atoms with Crippen molar-refractivity contribution in [2.45, 2.75) is 85.1 Å². The van der Waals surface area contributed by atoms with Crippen molar-refractivity contribution in [1.29, 1.82) is 0 Å². The fourth-order valence-electron chi connectivity index (χ4n) is 3.42. The van der Waals surface area contributed by atoms with Gasteiger partial charge in [0.15, 0.2) is 0 Å². The van der Waals surface area contributed by atoms with E-state index in [-0.39, 0.29) is 0 Å². The maximum Gasteiger partial charge on any atom is 0.00955 e. The third-order valence-corrected chi connectivity index (χ3v) is 4.68. The highest BCUT2D eigenvalue weighted by molar-refractivity contribution is 4.82. The molecule has 1 saturated carbocycles. The maximum absolute atomic E-state index is 3.84. The molecule has 1 aliphatic carbocycles. The predicted octanol–water partition coefficient (Wildman–Crippen LogP) is 5.01. The number of hydrogen-bond acceptors (Lipinski definition) is 1. The average Bonchev–Trinajstić information content (AvgIpc) is 2.38. The Balaban J connectivity index is 2.45. The lowest BCUT2D eigenvalue weighted by Gasteiger charge is -2.35. The molecule has 0 amide bonds. The molecular weight excluding hydrogens is 218 g/mol. The molecule has 0 heterocycles. The first-order chi connectivity index (χ1) is 8.67. The second-order valence-electron chi connectivity index (χ2n) is 6.73. The second-order valence-corrected chi connectivity index (χ2v) is 6.73. The van der Waals surface area contributed by atoms with Crippen LogP contribution in [0.3, 0.4) is 0 Å². The summed E-state index contributed by atoms with van der Waals surface area (Å²) in [5.74, 6) is 2.81. The molecule has 1 fully saturated rings. The summed E-state index contributed by atoms with van der Waals surface area (Å²) in [4.78, 5) is 0. The van der Waals surface area contributed by atoms with Gasteiger partial charge in [-0.05, 0) is 56.4 Å². The van der Waals surface area contributed by atoms with Crippen LogP contribution in [0, 0.1) is 17.8 Å². The molecular formula is C17H35N. The third kappa shape index (κ3) is 5.73. The van der Waals surface area contributed by atoms with Crippen molar-refractivity contribution in [1.82, 2.24) is 5.32 Å². The van der Waals surface area contributed by atoms with E-state index < -0.39 is 0 Å². The smallest absolute Gasteiger partial charge is 0.00955 e. The zero-order valence-electron chi connectivity index (χ0n) is 13.2. The highest BCUT2D eigenvalue weighted by atomic mass is 14.9. The largest absolute Gasteiger partial charge is 0.314 e. The second kappa shape index (κ2) is 8.96. The van der Waals surface area contributed by atoms with Crippen molar-refractivity contribution in [3.05, 3.63) is 0 Å². The molecule has 0 saturated heterocycles. The van der Waals surface area contributed by atoms with E-state index in [1.165, 1.54) is 57.9 Å². The minimum atomic E-state index is 0.793. The van der Waals surface area contributed by atoms with Crippen LogP contribution in [0.1, 0.15) is 79.1 Å². The fraction of sp³-hybridized carbons (Fsp3) is 1.00. The van der Waals surface area contributed by atoms with E-state index in [0.717, 1.165) is 23.8 Å². The molecule has 1 nitrogen and oxygen atoms in total. The van der Waals surface area contributed by atoms with Crippen molar-refractivity contribution >= 4 is 0 Å². The lowest BCUT2D eigenvalue weighted by molar-refractivity contribution is 0.197. The van der Waals surface area contributed by atoms with Gasteiger partial charge in [0.25, 0.3) is 0 Å². The molecule has 0 aromatic carbocycles. The number of rotatable bonds is 8. The quantitative estimate of drug-likeness (QED) is 0.641. The monoisotopic (exact) mass is 253 g/mol. The summed E-state index contributed by atoms with van der Waals surface area (Å²) in [6, 6.07) is 0.793. The van der Waals surface area contributed by atoms with Gasteiger partial charge in [0, 0.05) is 6.04 Å². The lowest BCUT2D eigenvalue weighted by atomic mass is 9.75. The van der Waals surface area contributed by atoms with Crippen LogP contribution in [0.2, 0.25) is 0 Å². The summed E-state index contributed by atoms with van der Waals surface area (Å²) in [6.07, 6.45) is 11.3. The van der Waals surface area contributed by atoms with E-state index in [1.54, 1.807) is 0 Å².